The Morgan fingerprint density at radius 3 is 2.48 bits per heavy atom. The number of nitrogens with one attached hydrogen (secondary N) is 1. The number of amides is 1. The van der Waals surface area contributed by atoms with E-state index in [4.69, 9.17) is 20.9 Å². The number of methoxy groups -OCH3 is 2. The van der Waals surface area contributed by atoms with E-state index in [-0.39, 0.29) is 0 Å². The number of carbonyl (C=O) groups is 1. The summed E-state index contributed by atoms with van der Waals surface area (Å²) in [7, 11) is 3.18. The molecule has 7 nitrogen and oxygen atoms in total. The average Bonchev–Trinajstić information content (AvgIpc) is 2.64. The Labute approximate surface area is 146 Å². The molecule has 0 radical (unpaired) electrons. The summed E-state index contributed by atoms with van der Waals surface area (Å²) in [5.74, 6) is 1.16. The van der Waals surface area contributed by atoms with Crippen LogP contribution in [0, 0.1) is 0 Å². The highest BCUT2D eigenvalue weighted by Crippen LogP contribution is 2.27. The molecule has 0 spiro atoms. The van der Waals surface area contributed by atoms with Gasteiger partial charge in [-0.1, -0.05) is 18.2 Å². The fraction of sp³-hybridized carbons (Fsp3) is 0.222. The van der Waals surface area contributed by atoms with Crippen molar-refractivity contribution >= 4 is 11.9 Å². The van der Waals surface area contributed by atoms with Crippen molar-refractivity contribution in [2.24, 2.45) is 16.5 Å². The summed E-state index contributed by atoms with van der Waals surface area (Å²) in [5, 5.41) is 3.04. The van der Waals surface area contributed by atoms with Crippen molar-refractivity contribution in [3.05, 3.63) is 59.2 Å². The first-order valence-corrected chi connectivity index (χ1v) is 7.67. The molecule has 1 amide bonds. The number of hydrogen-bond acceptors (Lipinski definition) is 4. The number of guanidine groups is 1. The molecule has 0 heterocycles. The minimum atomic E-state index is -0.467. The molecule has 0 aromatic heterocycles. The van der Waals surface area contributed by atoms with Crippen LogP contribution >= 0.6 is 0 Å². The largest absolute Gasteiger partial charge is 0.493 e. The number of benzene rings is 2. The molecule has 2 aromatic carbocycles. The summed E-state index contributed by atoms with van der Waals surface area (Å²) in [6.07, 6.45) is 0. The topological polar surface area (TPSA) is 112 Å². The Morgan fingerprint density at radius 2 is 1.80 bits per heavy atom. The van der Waals surface area contributed by atoms with Gasteiger partial charge in [0, 0.05) is 12.1 Å². The van der Waals surface area contributed by atoms with Gasteiger partial charge in [-0.3, -0.25) is 4.79 Å². The maximum atomic E-state index is 11.2. The molecule has 0 aliphatic heterocycles. The second-order valence-electron chi connectivity index (χ2n) is 5.31. The van der Waals surface area contributed by atoms with Crippen LogP contribution in [-0.2, 0) is 13.1 Å². The Morgan fingerprint density at radius 1 is 1.04 bits per heavy atom. The number of nitrogens with two attached hydrogens (primary N) is 2. The van der Waals surface area contributed by atoms with Gasteiger partial charge in [0.05, 0.1) is 20.8 Å². The average molecular weight is 342 g/mol. The Balaban J connectivity index is 1.95. The number of nitrogens with zero attached hydrogens (tertiary/aromatic N) is 1. The number of rotatable bonds is 7. The zero-order valence-corrected chi connectivity index (χ0v) is 14.3. The minimum absolute atomic E-state index is 0.305. The number of hydrogen-bond donors (Lipinski definition) is 3. The Kier molecular flexibility index (Phi) is 6.22. The van der Waals surface area contributed by atoms with Crippen LogP contribution < -0.4 is 26.3 Å². The van der Waals surface area contributed by atoms with Gasteiger partial charge in [0.2, 0.25) is 5.91 Å². The SMILES string of the molecule is COc1ccc(CNC(N)=NCc2cccc(C(N)=O)c2)cc1OC. The highest BCUT2D eigenvalue weighted by molar-refractivity contribution is 5.92. The normalized spacial score (nSPS) is 11.0. The molecular formula is C18H22N4O3. The smallest absolute Gasteiger partial charge is 0.248 e. The van der Waals surface area contributed by atoms with Crippen LogP contribution in [0.25, 0.3) is 0 Å². The predicted octanol–water partition coefficient (Wildman–Crippen LogP) is 1.41. The minimum Gasteiger partial charge on any atom is -0.493 e. The molecule has 0 fully saturated rings. The number of aliphatic imine (C=N–C) groups is 1. The summed E-state index contributed by atoms with van der Waals surface area (Å²) in [4.78, 5) is 15.4. The van der Waals surface area contributed by atoms with Crippen LogP contribution in [-0.4, -0.2) is 26.1 Å². The lowest BCUT2D eigenvalue weighted by Crippen LogP contribution is -2.31. The van der Waals surface area contributed by atoms with Crippen molar-refractivity contribution in [2.45, 2.75) is 13.1 Å². The lowest BCUT2D eigenvalue weighted by Gasteiger charge is -2.10. The molecule has 0 aliphatic carbocycles. The van der Waals surface area contributed by atoms with Gasteiger partial charge in [0.1, 0.15) is 0 Å². The van der Waals surface area contributed by atoms with Crippen LogP contribution in [0.4, 0.5) is 0 Å². The highest BCUT2D eigenvalue weighted by atomic mass is 16.5. The standard InChI is InChI=1S/C18H22N4O3/c1-24-15-7-6-13(9-16(15)25-2)11-22-18(20)21-10-12-4-3-5-14(8-12)17(19)23/h3-9H,10-11H2,1-2H3,(H2,19,23)(H3,20,21,22). The quantitative estimate of drug-likeness (QED) is 0.520. The fourth-order valence-corrected chi connectivity index (χ4v) is 2.24. The molecule has 0 bridgehead atoms. The van der Waals surface area contributed by atoms with Crippen molar-refractivity contribution in [3.8, 4) is 11.5 Å². The van der Waals surface area contributed by atoms with Crippen LogP contribution in [0.2, 0.25) is 0 Å². The third-order valence-electron chi connectivity index (χ3n) is 3.57. The van der Waals surface area contributed by atoms with Crippen molar-refractivity contribution in [1.29, 1.82) is 0 Å². The molecule has 0 saturated heterocycles. The third-order valence-corrected chi connectivity index (χ3v) is 3.57. The molecule has 2 rings (SSSR count). The van der Waals surface area contributed by atoms with Crippen LogP contribution in [0.15, 0.2) is 47.5 Å². The number of ether oxygens (including phenoxy) is 2. The van der Waals surface area contributed by atoms with Gasteiger partial charge in [-0.15, -0.1) is 0 Å². The molecular weight excluding hydrogens is 320 g/mol. The summed E-state index contributed by atoms with van der Waals surface area (Å²) in [6, 6.07) is 12.6. The maximum Gasteiger partial charge on any atom is 0.248 e. The summed E-state index contributed by atoms with van der Waals surface area (Å²) < 4.78 is 10.5. The maximum absolute atomic E-state index is 11.2. The van der Waals surface area contributed by atoms with E-state index in [1.54, 1.807) is 32.4 Å². The van der Waals surface area contributed by atoms with E-state index >= 15 is 0 Å². The Bertz CT molecular complexity index is 775. The fourth-order valence-electron chi connectivity index (χ4n) is 2.24. The third kappa shape index (κ3) is 5.13. The zero-order chi connectivity index (χ0) is 18.2. The summed E-state index contributed by atoms with van der Waals surface area (Å²) in [5.41, 5.74) is 13.4. The predicted molar refractivity (Wildman–Crippen MR) is 96.7 cm³/mol. The second-order valence-corrected chi connectivity index (χ2v) is 5.31. The molecule has 5 N–H and O–H groups in total. The second kappa shape index (κ2) is 8.58. The van der Waals surface area contributed by atoms with Crippen molar-refractivity contribution in [1.82, 2.24) is 5.32 Å². The molecule has 0 unspecified atom stereocenters. The van der Waals surface area contributed by atoms with E-state index in [0.29, 0.717) is 36.1 Å². The van der Waals surface area contributed by atoms with Gasteiger partial charge in [0.25, 0.3) is 0 Å². The molecule has 0 saturated carbocycles. The van der Waals surface area contributed by atoms with Crippen LogP contribution in [0.3, 0.4) is 0 Å². The first-order chi connectivity index (χ1) is 12.0. The molecule has 0 atom stereocenters. The van der Waals surface area contributed by atoms with Crippen LogP contribution in [0.5, 0.6) is 11.5 Å². The molecule has 25 heavy (non-hydrogen) atoms. The Hall–Kier alpha value is -3.22. The van der Waals surface area contributed by atoms with E-state index in [1.807, 2.05) is 24.3 Å². The van der Waals surface area contributed by atoms with Gasteiger partial charge in [-0.25, -0.2) is 4.99 Å². The van der Waals surface area contributed by atoms with E-state index in [2.05, 4.69) is 10.3 Å². The van der Waals surface area contributed by atoms with Crippen LogP contribution in [0.1, 0.15) is 21.5 Å². The van der Waals surface area contributed by atoms with E-state index in [1.165, 1.54) is 0 Å². The molecule has 7 heteroatoms. The van der Waals surface area contributed by atoms with Gasteiger partial charge in [0.15, 0.2) is 17.5 Å². The lowest BCUT2D eigenvalue weighted by atomic mass is 10.1. The highest BCUT2D eigenvalue weighted by Gasteiger charge is 2.05. The first kappa shape index (κ1) is 18.1. The molecule has 2 aromatic rings. The molecule has 132 valence electrons. The summed E-state index contributed by atoms with van der Waals surface area (Å²) >= 11 is 0. The van der Waals surface area contributed by atoms with Gasteiger partial charge >= 0.3 is 0 Å². The van der Waals surface area contributed by atoms with Crippen molar-refractivity contribution < 1.29 is 14.3 Å². The van der Waals surface area contributed by atoms with E-state index < -0.39 is 5.91 Å². The van der Waals surface area contributed by atoms with Gasteiger partial charge < -0.3 is 26.3 Å². The number of carbonyl (C=O) groups excluding carboxylic acids is 1. The first-order valence-electron chi connectivity index (χ1n) is 7.67. The van der Waals surface area contributed by atoms with Crippen molar-refractivity contribution in [2.75, 3.05) is 14.2 Å². The molecule has 0 aliphatic rings. The van der Waals surface area contributed by atoms with E-state index in [9.17, 15) is 4.79 Å². The van der Waals surface area contributed by atoms with Gasteiger partial charge in [-0.05, 0) is 35.4 Å². The zero-order valence-electron chi connectivity index (χ0n) is 14.3. The monoisotopic (exact) mass is 342 g/mol. The lowest BCUT2D eigenvalue weighted by molar-refractivity contribution is 0.1000. The summed E-state index contributed by atoms with van der Waals surface area (Å²) in [6.45, 7) is 0.850. The number of primary amides is 1. The van der Waals surface area contributed by atoms with Crippen molar-refractivity contribution in [3.63, 3.8) is 0 Å². The van der Waals surface area contributed by atoms with Gasteiger partial charge in [-0.2, -0.15) is 0 Å². The van der Waals surface area contributed by atoms with E-state index in [0.717, 1.165) is 11.1 Å².